The number of halogens is 3. The predicted octanol–water partition coefficient (Wildman–Crippen LogP) is 5.63. The summed E-state index contributed by atoms with van der Waals surface area (Å²) >= 11 is 0. The maximum atomic E-state index is 12.5. The van der Waals surface area contributed by atoms with E-state index in [9.17, 15) is 18.0 Å². The molecule has 172 valence electrons. The topological polar surface area (TPSA) is 54.0 Å². The van der Waals surface area contributed by atoms with Crippen LogP contribution in [0.5, 0.6) is 17.2 Å². The van der Waals surface area contributed by atoms with Gasteiger partial charge in [0.05, 0.1) is 12.2 Å². The molecular weight excluding hydrogens is 457 g/mol. The Morgan fingerprint density at radius 2 is 1.73 bits per heavy atom. The van der Waals surface area contributed by atoms with Crippen molar-refractivity contribution in [2.75, 3.05) is 26.9 Å². The number of rotatable bonds is 7. The largest absolute Gasteiger partial charge is 0.491 e. The van der Waals surface area contributed by atoms with Crippen LogP contribution in [0.4, 0.5) is 13.2 Å². The van der Waals surface area contributed by atoms with Crippen LogP contribution in [0.2, 0.25) is 0 Å². The van der Waals surface area contributed by atoms with E-state index in [0.717, 1.165) is 14.7 Å². The first-order chi connectivity index (χ1) is 15.9. The highest BCUT2D eigenvalue weighted by molar-refractivity contribution is 7.97. The quantitative estimate of drug-likeness (QED) is 0.196. The van der Waals surface area contributed by atoms with Crippen LogP contribution in [0.15, 0.2) is 81.4 Å². The molecule has 0 fully saturated rings. The smallest absolute Gasteiger partial charge is 0.422 e. The SMILES string of the molecule is COCCOc1ccc2c(c1)Oc1ccccc1[S+]2c1cccc(C(=O)OCC(F)(F)F)c1. The van der Waals surface area contributed by atoms with E-state index in [0.29, 0.717) is 30.5 Å². The molecule has 0 radical (unpaired) electrons. The molecular formula is C24H20F3O5S+. The minimum Gasteiger partial charge on any atom is -0.491 e. The molecule has 1 aliphatic rings. The molecule has 1 heterocycles. The lowest BCUT2D eigenvalue weighted by Gasteiger charge is -2.20. The summed E-state index contributed by atoms with van der Waals surface area (Å²) in [5.74, 6) is 0.865. The van der Waals surface area contributed by atoms with Crippen molar-refractivity contribution in [3.05, 3.63) is 72.3 Å². The van der Waals surface area contributed by atoms with Gasteiger partial charge in [-0.05, 0) is 30.3 Å². The van der Waals surface area contributed by atoms with E-state index in [1.54, 1.807) is 25.3 Å². The van der Waals surface area contributed by atoms with Gasteiger partial charge >= 0.3 is 12.1 Å². The number of para-hydroxylation sites is 1. The molecule has 5 nitrogen and oxygen atoms in total. The molecule has 33 heavy (non-hydrogen) atoms. The molecule has 3 aromatic rings. The summed E-state index contributed by atoms with van der Waals surface area (Å²) in [4.78, 5) is 14.7. The Hall–Kier alpha value is -3.17. The first kappa shape index (κ1) is 23.0. The van der Waals surface area contributed by atoms with Gasteiger partial charge in [-0.25, -0.2) is 4.79 Å². The third-order valence-electron chi connectivity index (χ3n) is 4.65. The van der Waals surface area contributed by atoms with E-state index in [4.69, 9.17) is 14.2 Å². The lowest BCUT2D eigenvalue weighted by Crippen LogP contribution is -2.20. The lowest BCUT2D eigenvalue weighted by atomic mass is 10.2. The number of benzene rings is 3. The number of methoxy groups -OCH3 is 1. The van der Waals surface area contributed by atoms with Crippen molar-refractivity contribution in [3.63, 3.8) is 0 Å². The van der Waals surface area contributed by atoms with Gasteiger partial charge in [-0.1, -0.05) is 18.2 Å². The molecule has 9 heteroatoms. The molecule has 1 atom stereocenters. The number of esters is 1. The number of carbonyl (C=O) groups excluding carboxylic acids is 1. The third-order valence-corrected chi connectivity index (χ3v) is 6.93. The second-order valence-corrected chi connectivity index (χ2v) is 8.99. The third kappa shape index (κ3) is 5.43. The predicted molar refractivity (Wildman–Crippen MR) is 115 cm³/mol. The van der Waals surface area contributed by atoms with E-state index >= 15 is 0 Å². The molecule has 3 aromatic carbocycles. The summed E-state index contributed by atoms with van der Waals surface area (Å²) in [5.41, 5.74) is 0.0503. The average Bonchev–Trinajstić information content (AvgIpc) is 2.80. The first-order valence-corrected chi connectivity index (χ1v) is 11.2. The molecule has 1 aliphatic heterocycles. The van der Waals surface area contributed by atoms with Crippen molar-refractivity contribution in [2.45, 2.75) is 20.9 Å². The minimum absolute atomic E-state index is 0.0503. The summed E-state index contributed by atoms with van der Waals surface area (Å²) in [6.07, 6.45) is -4.59. The van der Waals surface area contributed by atoms with Crippen molar-refractivity contribution in [2.24, 2.45) is 0 Å². The molecule has 1 unspecified atom stereocenters. The fourth-order valence-electron chi connectivity index (χ4n) is 3.24. The van der Waals surface area contributed by atoms with Crippen LogP contribution in [0.1, 0.15) is 10.4 Å². The van der Waals surface area contributed by atoms with Crippen molar-refractivity contribution in [3.8, 4) is 17.2 Å². The van der Waals surface area contributed by atoms with Crippen molar-refractivity contribution < 1.29 is 36.9 Å². The average molecular weight is 477 g/mol. The number of alkyl halides is 3. The molecule has 0 saturated heterocycles. The van der Waals surface area contributed by atoms with Crippen LogP contribution in [0.25, 0.3) is 0 Å². The van der Waals surface area contributed by atoms with E-state index in [2.05, 4.69) is 4.74 Å². The number of fused-ring (bicyclic) bond motifs is 2. The van der Waals surface area contributed by atoms with E-state index < -0.39 is 29.6 Å². The maximum Gasteiger partial charge on any atom is 0.422 e. The Morgan fingerprint density at radius 1 is 0.939 bits per heavy atom. The number of carbonyl (C=O) groups is 1. The van der Waals surface area contributed by atoms with E-state index in [-0.39, 0.29) is 5.56 Å². The van der Waals surface area contributed by atoms with Gasteiger partial charge in [-0.15, -0.1) is 0 Å². The maximum absolute atomic E-state index is 12.5. The second-order valence-electron chi connectivity index (χ2n) is 7.02. The minimum atomic E-state index is -4.59. The summed E-state index contributed by atoms with van der Waals surface area (Å²) < 4.78 is 58.6. The zero-order valence-electron chi connectivity index (χ0n) is 17.6. The van der Waals surface area contributed by atoms with Gasteiger partial charge in [0.15, 0.2) is 23.0 Å². The molecule has 0 aliphatic carbocycles. The Kier molecular flexibility index (Phi) is 6.80. The Balaban J connectivity index is 1.69. The molecule has 0 N–H and O–H groups in total. The second kappa shape index (κ2) is 9.76. The van der Waals surface area contributed by atoms with Crippen molar-refractivity contribution >= 4 is 16.9 Å². The summed E-state index contributed by atoms with van der Waals surface area (Å²) in [5, 5.41) is 0. The van der Waals surface area contributed by atoms with Crippen LogP contribution in [-0.2, 0) is 20.4 Å². The highest BCUT2D eigenvalue weighted by Crippen LogP contribution is 2.48. The summed E-state index contributed by atoms with van der Waals surface area (Å²) in [7, 11) is 0.936. The standard InChI is InChI=1S/C24H20F3O5S/c1-29-11-12-30-17-9-10-22-20(14-17)32-19-7-2-3-8-21(19)33(22)18-6-4-5-16(13-18)23(28)31-15-24(25,26)27/h2-10,13-14H,11-12,15H2,1H3/q+1. The molecule has 0 spiro atoms. The van der Waals surface area contributed by atoms with Crippen LogP contribution in [-0.4, -0.2) is 39.1 Å². The van der Waals surface area contributed by atoms with Gasteiger partial charge in [0.2, 0.25) is 9.79 Å². The van der Waals surface area contributed by atoms with Gasteiger partial charge in [0.1, 0.15) is 23.3 Å². The van der Waals surface area contributed by atoms with Crippen LogP contribution < -0.4 is 9.47 Å². The van der Waals surface area contributed by atoms with Crippen LogP contribution in [0.3, 0.4) is 0 Å². The Labute approximate surface area is 191 Å². The van der Waals surface area contributed by atoms with Crippen LogP contribution in [0, 0.1) is 0 Å². The van der Waals surface area contributed by atoms with E-state index in [1.165, 1.54) is 6.07 Å². The normalized spacial score (nSPS) is 14.6. The first-order valence-electron chi connectivity index (χ1n) is 9.96. The van der Waals surface area contributed by atoms with Gasteiger partial charge < -0.3 is 18.9 Å². The summed E-state index contributed by atoms with van der Waals surface area (Å²) in [6.45, 7) is -0.796. The van der Waals surface area contributed by atoms with Gasteiger partial charge in [-0.2, -0.15) is 13.2 Å². The summed E-state index contributed by atoms with van der Waals surface area (Å²) in [6, 6.07) is 19.5. The molecule has 0 saturated carbocycles. The molecule has 4 rings (SSSR count). The zero-order valence-corrected chi connectivity index (χ0v) is 18.4. The zero-order chi connectivity index (χ0) is 23.4. The van der Waals surface area contributed by atoms with Gasteiger partial charge in [0.25, 0.3) is 0 Å². The molecule has 0 amide bonds. The monoisotopic (exact) mass is 477 g/mol. The fraction of sp³-hybridized carbons (Fsp3) is 0.208. The molecule has 0 bridgehead atoms. The Morgan fingerprint density at radius 3 is 2.52 bits per heavy atom. The lowest BCUT2D eigenvalue weighted by molar-refractivity contribution is -0.161. The molecule has 0 aromatic heterocycles. The van der Waals surface area contributed by atoms with Crippen molar-refractivity contribution in [1.82, 2.24) is 0 Å². The van der Waals surface area contributed by atoms with E-state index in [1.807, 2.05) is 42.5 Å². The number of hydrogen-bond acceptors (Lipinski definition) is 5. The Bertz CT molecular complexity index is 1150. The van der Waals surface area contributed by atoms with Gasteiger partial charge in [-0.3, -0.25) is 0 Å². The number of ether oxygens (including phenoxy) is 4. The van der Waals surface area contributed by atoms with Gasteiger partial charge in [0, 0.05) is 25.3 Å². The highest BCUT2D eigenvalue weighted by Gasteiger charge is 2.40. The van der Waals surface area contributed by atoms with Crippen molar-refractivity contribution in [1.29, 1.82) is 0 Å². The van der Waals surface area contributed by atoms with Crippen LogP contribution >= 0.6 is 0 Å². The fourth-order valence-corrected chi connectivity index (χ4v) is 5.48. The highest BCUT2D eigenvalue weighted by atomic mass is 32.2. The number of hydrogen-bond donors (Lipinski definition) is 0.